The highest BCUT2D eigenvalue weighted by Gasteiger charge is 2.37. The number of aromatic nitrogens is 2. The number of aryl methyl sites for hydroxylation is 1. The summed E-state index contributed by atoms with van der Waals surface area (Å²) in [6.07, 6.45) is 1.02. The first-order valence-corrected chi connectivity index (χ1v) is 5.69. The van der Waals surface area contributed by atoms with Gasteiger partial charge in [0.1, 0.15) is 11.8 Å². The number of nitriles is 1. The molecular weight excluding hydrogens is 216 g/mol. The first kappa shape index (κ1) is 11.8. The van der Waals surface area contributed by atoms with Crippen molar-refractivity contribution in [2.24, 2.45) is 0 Å². The van der Waals surface area contributed by atoms with Crippen LogP contribution in [0.3, 0.4) is 0 Å². The maximum atomic E-state index is 8.87. The zero-order valence-electron chi connectivity index (χ0n) is 10.3. The molecule has 17 heavy (non-hydrogen) atoms. The molecule has 2 atom stereocenters. The highest BCUT2D eigenvalue weighted by molar-refractivity contribution is 5.36. The van der Waals surface area contributed by atoms with Crippen LogP contribution in [0.25, 0.3) is 0 Å². The Morgan fingerprint density at radius 1 is 1.59 bits per heavy atom. The maximum absolute atomic E-state index is 8.87. The molecule has 2 rings (SSSR count). The van der Waals surface area contributed by atoms with Crippen LogP contribution >= 0.6 is 0 Å². The molecule has 1 aliphatic heterocycles. The fourth-order valence-corrected chi connectivity index (χ4v) is 1.94. The SMILES string of the molecule is Cc1cc(C#N)nc(NC2(C)CCOC2C)n1. The summed E-state index contributed by atoms with van der Waals surface area (Å²) in [6, 6.07) is 3.70. The van der Waals surface area contributed by atoms with E-state index in [1.165, 1.54) is 0 Å². The molecule has 1 N–H and O–H groups in total. The maximum Gasteiger partial charge on any atom is 0.224 e. The molecule has 2 heterocycles. The molecule has 0 aromatic carbocycles. The number of ether oxygens (including phenoxy) is 1. The first-order valence-electron chi connectivity index (χ1n) is 5.69. The van der Waals surface area contributed by atoms with Crippen molar-refractivity contribution >= 4 is 5.95 Å². The second-order valence-electron chi connectivity index (χ2n) is 4.64. The van der Waals surface area contributed by atoms with Gasteiger partial charge in [0.15, 0.2) is 0 Å². The molecule has 90 valence electrons. The van der Waals surface area contributed by atoms with Crippen molar-refractivity contribution in [3.63, 3.8) is 0 Å². The lowest BCUT2D eigenvalue weighted by Crippen LogP contribution is -2.41. The summed E-state index contributed by atoms with van der Waals surface area (Å²) in [5, 5.41) is 12.2. The van der Waals surface area contributed by atoms with Gasteiger partial charge in [0, 0.05) is 12.3 Å². The van der Waals surface area contributed by atoms with E-state index in [2.05, 4.69) is 22.2 Å². The van der Waals surface area contributed by atoms with Gasteiger partial charge in [0.2, 0.25) is 5.95 Å². The molecule has 0 radical (unpaired) electrons. The Bertz CT molecular complexity index is 468. The fourth-order valence-electron chi connectivity index (χ4n) is 1.94. The Morgan fingerprint density at radius 3 is 2.94 bits per heavy atom. The fraction of sp³-hybridized carbons (Fsp3) is 0.583. The van der Waals surface area contributed by atoms with Crippen molar-refractivity contribution < 1.29 is 4.74 Å². The lowest BCUT2D eigenvalue weighted by Gasteiger charge is -2.28. The monoisotopic (exact) mass is 232 g/mol. The van der Waals surface area contributed by atoms with Gasteiger partial charge in [-0.3, -0.25) is 0 Å². The number of nitrogens with zero attached hydrogens (tertiary/aromatic N) is 3. The van der Waals surface area contributed by atoms with Crippen molar-refractivity contribution in [3.05, 3.63) is 17.5 Å². The van der Waals surface area contributed by atoms with E-state index in [1.807, 2.05) is 19.9 Å². The molecule has 5 heteroatoms. The average Bonchev–Trinajstić information content (AvgIpc) is 2.58. The van der Waals surface area contributed by atoms with Crippen molar-refractivity contribution in [2.75, 3.05) is 11.9 Å². The van der Waals surface area contributed by atoms with Crippen molar-refractivity contribution in [1.82, 2.24) is 9.97 Å². The van der Waals surface area contributed by atoms with E-state index in [-0.39, 0.29) is 11.6 Å². The molecule has 1 saturated heterocycles. The average molecular weight is 232 g/mol. The van der Waals surface area contributed by atoms with E-state index in [1.54, 1.807) is 6.07 Å². The Morgan fingerprint density at radius 2 is 2.35 bits per heavy atom. The van der Waals surface area contributed by atoms with Crippen LogP contribution in [-0.2, 0) is 4.74 Å². The number of hydrogen-bond acceptors (Lipinski definition) is 5. The Hall–Kier alpha value is -1.67. The third-order valence-corrected chi connectivity index (χ3v) is 3.25. The first-order chi connectivity index (χ1) is 8.03. The molecule has 1 aromatic rings. The predicted octanol–water partition coefficient (Wildman–Crippen LogP) is 1.64. The minimum Gasteiger partial charge on any atom is -0.376 e. The van der Waals surface area contributed by atoms with Crippen LogP contribution in [0.2, 0.25) is 0 Å². The number of hydrogen-bond donors (Lipinski definition) is 1. The Balaban J connectivity index is 2.24. The molecule has 0 amide bonds. The largest absolute Gasteiger partial charge is 0.376 e. The van der Waals surface area contributed by atoms with E-state index in [0.717, 1.165) is 18.7 Å². The van der Waals surface area contributed by atoms with E-state index in [0.29, 0.717) is 11.6 Å². The van der Waals surface area contributed by atoms with Gasteiger partial charge in [-0.1, -0.05) is 0 Å². The van der Waals surface area contributed by atoms with Gasteiger partial charge in [0.25, 0.3) is 0 Å². The number of rotatable bonds is 2. The van der Waals surface area contributed by atoms with Crippen molar-refractivity contribution in [1.29, 1.82) is 5.26 Å². The second kappa shape index (κ2) is 4.30. The molecule has 0 saturated carbocycles. The van der Waals surface area contributed by atoms with E-state index in [4.69, 9.17) is 10.00 Å². The smallest absolute Gasteiger partial charge is 0.224 e. The van der Waals surface area contributed by atoms with Gasteiger partial charge < -0.3 is 10.1 Å². The molecule has 2 unspecified atom stereocenters. The molecule has 0 aliphatic carbocycles. The van der Waals surface area contributed by atoms with Gasteiger partial charge in [-0.15, -0.1) is 0 Å². The van der Waals surface area contributed by atoms with Crippen LogP contribution in [0.4, 0.5) is 5.95 Å². The lowest BCUT2D eigenvalue weighted by molar-refractivity contribution is 0.105. The van der Waals surface area contributed by atoms with Crippen molar-refractivity contribution in [2.45, 2.75) is 38.8 Å². The molecule has 5 nitrogen and oxygen atoms in total. The quantitative estimate of drug-likeness (QED) is 0.839. The van der Waals surface area contributed by atoms with Gasteiger partial charge >= 0.3 is 0 Å². The van der Waals surface area contributed by atoms with Crippen LogP contribution < -0.4 is 5.32 Å². The van der Waals surface area contributed by atoms with Crippen LogP contribution in [0, 0.1) is 18.3 Å². The number of anilines is 1. The summed E-state index contributed by atoms with van der Waals surface area (Å²) in [7, 11) is 0. The second-order valence-corrected chi connectivity index (χ2v) is 4.64. The third-order valence-electron chi connectivity index (χ3n) is 3.25. The lowest BCUT2D eigenvalue weighted by atomic mass is 9.95. The van der Waals surface area contributed by atoms with Gasteiger partial charge in [-0.05, 0) is 33.3 Å². The van der Waals surface area contributed by atoms with E-state index in [9.17, 15) is 0 Å². The zero-order valence-corrected chi connectivity index (χ0v) is 10.3. The molecule has 1 aromatic heterocycles. The third kappa shape index (κ3) is 2.37. The molecule has 0 spiro atoms. The van der Waals surface area contributed by atoms with Gasteiger partial charge in [-0.2, -0.15) is 5.26 Å². The molecule has 1 fully saturated rings. The van der Waals surface area contributed by atoms with Gasteiger partial charge in [0.05, 0.1) is 11.6 Å². The highest BCUT2D eigenvalue weighted by atomic mass is 16.5. The molecular formula is C12H16N4O. The minimum atomic E-state index is -0.166. The van der Waals surface area contributed by atoms with Crippen molar-refractivity contribution in [3.8, 4) is 6.07 Å². The van der Waals surface area contributed by atoms with Crippen LogP contribution in [0.1, 0.15) is 31.7 Å². The predicted molar refractivity (Wildman–Crippen MR) is 63.5 cm³/mol. The normalized spacial score (nSPS) is 27.8. The minimum absolute atomic E-state index is 0.108. The summed E-state index contributed by atoms with van der Waals surface area (Å²) >= 11 is 0. The Kier molecular flexibility index (Phi) is 2.99. The van der Waals surface area contributed by atoms with E-state index >= 15 is 0 Å². The summed E-state index contributed by atoms with van der Waals surface area (Å²) in [6.45, 7) is 6.70. The summed E-state index contributed by atoms with van der Waals surface area (Å²) in [5.41, 5.74) is 1.00. The van der Waals surface area contributed by atoms with Crippen LogP contribution in [0.5, 0.6) is 0 Å². The highest BCUT2D eigenvalue weighted by Crippen LogP contribution is 2.28. The number of nitrogens with one attached hydrogen (secondary N) is 1. The van der Waals surface area contributed by atoms with Gasteiger partial charge in [-0.25, -0.2) is 9.97 Å². The topological polar surface area (TPSA) is 70.8 Å². The summed E-state index contributed by atoms with van der Waals surface area (Å²) in [5.74, 6) is 0.501. The van der Waals surface area contributed by atoms with Crippen LogP contribution in [-0.4, -0.2) is 28.2 Å². The summed E-state index contributed by atoms with van der Waals surface area (Å²) < 4.78 is 5.54. The standard InChI is InChI=1S/C12H16N4O/c1-8-6-10(7-13)15-11(14-8)16-12(3)4-5-17-9(12)2/h6,9H,4-5H2,1-3H3,(H,14,15,16). The zero-order chi connectivity index (χ0) is 12.5. The van der Waals surface area contributed by atoms with E-state index < -0.39 is 0 Å². The van der Waals surface area contributed by atoms with Crippen LogP contribution in [0.15, 0.2) is 6.07 Å². The molecule has 0 bridgehead atoms. The summed E-state index contributed by atoms with van der Waals surface area (Å²) in [4.78, 5) is 8.45. The Labute approximate surface area is 101 Å². The molecule has 1 aliphatic rings.